The van der Waals surface area contributed by atoms with E-state index in [9.17, 15) is 9.59 Å². The van der Waals surface area contributed by atoms with Crippen molar-refractivity contribution in [1.82, 2.24) is 25.7 Å². The summed E-state index contributed by atoms with van der Waals surface area (Å²) in [6.45, 7) is 4.07. The van der Waals surface area contributed by atoms with Gasteiger partial charge in [0, 0.05) is 25.2 Å². The van der Waals surface area contributed by atoms with Crippen LogP contribution in [0.5, 0.6) is 0 Å². The van der Waals surface area contributed by atoms with Crippen molar-refractivity contribution in [1.29, 1.82) is 0 Å². The smallest absolute Gasteiger partial charge is 0.251 e. The molecule has 0 aliphatic rings. The number of hydrazone groups is 1. The molecule has 0 bridgehead atoms. The highest BCUT2D eigenvalue weighted by atomic mass is 16.2. The van der Waals surface area contributed by atoms with Gasteiger partial charge >= 0.3 is 0 Å². The molecule has 1 aromatic heterocycles. The lowest BCUT2D eigenvalue weighted by Crippen LogP contribution is -2.21. The molecule has 2 amide bonds. The number of aromatic nitrogens is 3. The summed E-state index contributed by atoms with van der Waals surface area (Å²) >= 11 is 0. The van der Waals surface area contributed by atoms with Crippen LogP contribution in [0.1, 0.15) is 35.0 Å². The summed E-state index contributed by atoms with van der Waals surface area (Å²) in [5.74, 6) is -0.350. The number of rotatable bonds is 6. The molecule has 126 valence electrons. The van der Waals surface area contributed by atoms with Gasteiger partial charge in [-0.1, -0.05) is 17.3 Å². The number of hydrogen-bond donors (Lipinski definition) is 2. The molecule has 0 unspecified atom stereocenters. The number of amides is 2. The fourth-order valence-electron chi connectivity index (χ4n) is 1.99. The van der Waals surface area contributed by atoms with Crippen molar-refractivity contribution in [3.8, 4) is 0 Å². The van der Waals surface area contributed by atoms with Gasteiger partial charge in [0.05, 0.1) is 18.0 Å². The Morgan fingerprint density at radius 3 is 2.46 bits per heavy atom. The van der Waals surface area contributed by atoms with Crippen LogP contribution < -0.4 is 10.7 Å². The standard InChI is InChI=1S/C16H20N6O2/c1-11-10-22(21-18-11)9-8-15(23)20-19-12(2)13-4-6-14(7-5-13)16(24)17-3/h4-7,10H,8-9H2,1-3H3,(H,17,24)(H,20,23)/b19-12+. The van der Waals surface area contributed by atoms with Gasteiger partial charge in [-0.3, -0.25) is 14.3 Å². The molecule has 2 N–H and O–H groups in total. The lowest BCUT2D eigenvalue weighted by atomic mass is 10.1. The van der Waals surface area contributed by atoms with Gasteiger partial charge in [0.25, 0.3) is 5.91 Å². The Morgan fingerprint density at radius 2 is 1.88 bits per heavy atom. The summed E-state index contributed by atoms with van der Waals surface area (Å²) in [7, 11) is 1.58. The lowest BCUT2D eigenvalue weighted by Gasteiger charge is -2.04. The summed E-state index contributed by atoms with van der Waals surface area (Å²) in [5.41, 5.74) is 5.38. The van der Waals surface area contributed by atoms with Crippen LogP contribution in [0, 0.1) is 6.92 Å². The number of carbonyl (C=O) groups excluding carboxylic acids is 2. The Hall–Kier alpha value is -3.03. The molecule has 0 fully saturated rings. The van der Waals surface area contributed by atoms with E-state index in [0.717, 1.165) is 11.3 Å². The normalized spacial score (nSPS) is 11.2. The van der Waals surface area contributed by atoms with E-state index in [-0.39, 0.29) is 18.2 Å². The maximum Gasteiger partial charge on any atom is 0.251 e. The highest BCUT2D eigenvalue weighted by molar-refractivity contribution is 6.00. The monoisotopic (exact) mass is 328 g/mol. The number of nitrogens with one attached hydrogen (secondary N) is 2. The molecule has 8 nitrogen and oxygen atoms in total. The molecular formula is C16H20N6O2. The molecule has 2 rings (SSSR count). The molecule has 2 aromatic rings. The number of benzene rings is 1. The van der Waals surface area contributed by atoms with Crippen LogP contribution in [0.4, 0.5) is 0 Å². The van der Waals surface area contributed by atoms with Crippen LogP contribution in [0.3, 0.4) is 0 Å². The Bertz CT molecular complexity index is 748. The van der Waals surface area contributed by atoms with Gasteiger partial charge < -0.3 is 5.32 Å². The van der Waals surface area contributed by atoms with Crippen molar-refractivity contribution in [2.75, 3.05) is 7.05 Å². The van der Waals surface area contributed by atoms with E-state index in [1.165, 1.54) is 0 Å². The molecule has 0 spiro atoms. The number of hydrogen-bond acceptors (Lipinski definition) is 5. The zero-order valence-electron chi connectivity index (χ0n) is 13.9. The van der Waals surface area contributed by atoms with Crippen molar-refractivity contribution in [2.45, 2.75) is 26.8 Å². The highest BCUT2D eigenvalue weighted by Crippen LogP contribution is 2.05. The molecule has 0 radical (unpaired) electrons. The van der Waals surface area contributed by atoms with E-state index in [1.54, 1.807) is 49.1 Å². The zero-order chi connectivity index (χ0) is 17.5. The second-order valence-electron chi connectivity index (χ2n) is 5.26. The largest absolute Gasteiger partial charge is 0.355 e. The fourth-order valence-corrected chi connectivity index (χ4v) is 1.99. The SMILES string of the molecule is CNC(=O)c1ccc(/C(C)=N/NC(=O)CCn2cc(C)nn2)cc1. The summed E-state index contributed by atoms with van der Waals surface area (Å²) in [6, 6.07) is 6.99. The molecule has 24 heavy (non-hydrogen) atoms. The average molecular weight is 328 g/mol. The van der Waals surface area contributed by atoms with Crippen LogP contribution in [0.2, 0.25) is 0 Å². The second-order valence-corrected chi connectivity index (χ2v) is 5.26. The number of nitrogens with zero attached hydrogens (tertiary/aromatic N) is 4. The first-order chi connectivity index (χ1) is 11.5. The molecular weight excluding hydrogens is 308 g/mol. The van der Waals surface area contributed by atoms with Gasteiger partial charge in [-0.05, 0) is 31.5 Å². The van der Waals surface area contributed by atoms with E-state index < -0.39 is 0 Å². The Morgan fingerprint density at radius 1 is 1.21 bits per heavy atom. The van der Waals surface area contributed by atoms with Gasteiger partial charge in [-0.2, -0.15) is 5.10 Å². The van der Waals surface area contributed by atoms with Gasteiger partial charge in [0.15, 0.2) is 0 Å². The van der Waals surface area contributed by atoms with Gasteiger partial charge in [-0.25, -0.2) is 5.43 Å². The molecule has 8 heteroatoms. The first-order valence-corrected chi connectivity index (χ1v) is 7.52. The van der Waals surface area contributed by atoms with Crippen molar-refractivity contribution in [2.24, 2.45) is 5.10 Å². The van der Waals surface area contributed by atoms with E-state index in [2.05, 4.69) is 26.2 Å². The minimum Gasteiger partial charge on any atom is -0.355 e. The van der Waals surface area contributed by atoms with E-state index in [1.807, 2.05) is 6.92 Å². The predicted octanol–water partition coefficient (Wildman–Crippen LogP) is 0.877. The number of carbonyl (C=O) groups is 2. The molecule has 0 saturated carbocycles. The van der Waals surface area contributed by atoms with Crippen molar-refractivity contribution in [3.63, 3.8) is 0 Å². The van der Waals surface area contributed by atoms with Crippen molar-refractivity contribution < 1.29 is 9.59 Å². The minimum atomic E-state index is -0.204. The molecule has 1 aromatic carbocycles. The maximum absolute atomic E-state index is 11.8. The lowest BCUT2D eigenvalue weighted by molar-refractivity contribution is -0.121. The maximum atomic E-state index is 11.8. The topological polar surface area (TPSA) is 101 Å². The third-order valence-electron chi connectivity index (χ3n) is 3.36. The molecule has 0 aliphatic heterocycles. The van der Waals surface area contributed by atoms with Crippen LogP contribution in [0.15, 0.2) is 35.6 Å². The third-order valence-corrected chi connectivity index (χ3v) is 3.36. The molecule has 0 aliphatic carbocycles. The molecule has 0 saturated heterocycles. The average Bonchev–Trinajstić information content (AvgIpc) is 3.02. The minimum absolute atomic E-state index is 0.146. The summed E-state index contributed by atoms with van der Waals surface area (Å²) in [4.78, 5) is 23.3. The van der Waals surface area contributed by atoms with Crippen molar-refractivity contribution >= 4 is 17.5 Å². The van der Waals surface area contributed by atoms with Gasteiger partial charge in [-0.15, -0.1) is 5.10 Å². The zero-order valence-corrected chi connectivity index (χ0v) is 13.9. The highest BCUT2D eigenvalue weighted by Gasteiger charge is 2.05. The van der Waals surface area contributed by atoms with Crippen LogP contribution >= 0.6 is 0 Å². The van der Waals surface area contributed by atoms with Gasteiger partial charge in [0.1, 0.15) is 0 Å². The van der Waals surface area contributed by atoms with E-state index >= 15 is 0 Å². The van der Waals surface area contributed by atoms with Crippen molar-refractivity contribution in [3.05, 3.63) is 47.3 Å². The molecule has 0 atom stereocenters. The van der Waals surface area contributed by atoms with E-state index in [0.29, 0.717) is 17.8 Å². The number of aryl methyl sites for hydroxylation is 2. The summed E-state index contributed by atoms with van der Waals surface area (Å²) < 4.78 is 1.61. The second kappa shape index (κ2) is 8.00. The Labute approximate surface area is 139 Å². The quantitative estimate of drug-likeness (QED) is 0.607. The Kier molecular flexibility index (Phi) is 5.78. The van der Waals surface area contributed by atoms with Crippen LogP contribution in [0.25, 0.3) is 0 Å². The van der Waals surface area contributed by atoms with Crippen LogP contribution in [-0.4, -0.2) is 39.6 Å². The predicted molar refractivity (Wildman–Crippen MR) is 89.6 cm³/mol. The Balaban J connectivity index is 1.88. The fraction of sp³-hybridized carbons (Fsp3) is 0.312. The van der Waals surface area contributed by atoms with E-state index in [4.69, 9.17) is 0 Å². The first kappa shape index (κ1) is 17.3. The summed E-state index contributed by atoms with van der Waals surface area (Å²) in [5, 5.41) is 14.4. The van der Waals surface area contributed by atoms with Crippen LogP contribution in [-0.2, 0) is 11.3 Å². The first-order valence-electron chi connectivity index (χ1n) is 7.52. The third kappa shape index (κ3) is 4.73. The summed E-state index contributed by atoms with van der Waals surface area (Å²) in [6.07, 6.45) is 2.03. The molecule has 1 heterocycles. The van der Waals surface area contributed by atoms with Gasteiger partial charge in [0.2, 0.25) is 5.91 Å².